The number of halogens is 1. The molecule has 0 spiro atoms. The van der Waals surface area contributed by atoms with Crippen molar-refractivity contribution >= 4 is 40.6 Å². The number of ether oxygens (including phenoxy) is 1. The minimum absolute atomic E-state index is 0.00687. The Morgan fingerprint density at radius 1 is 1.32 bits per heavy atom. The van der Waals surface area contributed by atoms with E-state index in [-0.39, 0.29) is 29.5 Å². The van der Waals surface area contributed by atoms with Crippen molar-refractivity contribution in [1.29, 1.82) is 0 Å². The second-order valence-electron chi connectivity index (χ2n) is 4.91. The fourth-order valence-corrected chi connectivity index (χ4v) is 2.33. The third kappa shape index (κ3) is 3.22. The fourth-order valence-electron chi connectivity index (χ4n) is 2.14. The van der Waals surface area contributed by atoms with Crippen LogP contribution in [0.25, 0.3) is 5.65 Å². The van der Waals surface area contributed by atoms with Crippen LogP contribution >= 0.6 is 11.6 Å². The number of carbonyl (C=O) groups is 2. The predicted octanol–water partition coefficient (Wildman–Crippen LogP) is 1.79. The van der Waals surface area contributed by atoms with Crippen molar-refractivity contribution in [2.24, 2.45) is 0 Å². The highest BCUT2D eigenvalue weighted by atomic mass is 35.5. The van der Waals surface area contributed by atoms with Crippen LogP contribution < -0.4 is 11.1 Å². The molecule has 3 aromatic rings. The molecule has 0 aliphatic rings. The van der Waals surface area contributed by atoms with E-state index >= 15 is 0 Å². The molecule has 0 atom stereocenters. The third-order valence-electron chi connectivity index (χ3n) is 3.26. The molecule has 0 unspecified atom stereocenters. The molecular formula is C15H13ClN6O3. The quantitative estimate of drug-likeness (QED) is 0.679. The number of benzene rings is 1. The Labute approximate surface area is 146 Å². The zero-order chi connectivity index (χ0) is 18.0. The van der Waals surface area contributed by atoms with E-state index < -0.39 is 11.9 Å². The predicted molar refractivity (Wildman–Crippen MR) is 90.6 cm³/mol. The van der Waals surface area contributed by atoms with Crippen LogP contribution in [0.3, 0.4) is 0 Å². The Morgan fingerprint density at radius 2 is 2.12 bits per heavy atom. The highest BCUT2D eigenvalue weighted by Crippen LogP contribution is 2.18. The number of hydrogen-bond donors (Lipinski definition) is 2. The number of anilines is 2. The summed E-state index contributed by atoms with van der Waals surface area (Å²) >= 11 is 5.88. The third-order valence-corrected chi connectivity index (χ3v) is 3.49. The second-order valence-corrected chi connectivity index (χ2v) is 5.34. The molecule has 3 rings (SSSR count). The van der Waals surface area contributed by atoms with Crippen LogP contribution in [0.1, 0.15) is 27.9 Å². The number of hydrogen-bond acceptors (Lipinski definition) is 7. The van der Waals surface area contributed by atoms with Crippen LogP contribution in [0.15, 0.2) is 30.6 Å². The molecule has 128 valence electrons. The van der Waals surface area contributed by atoms with E-state index in [2.05, 4.69) is 20.5 Å². The summed E-state index contributed by atoms with van der Waals surface area (Å²) in [5.41, 5.74) is 6.43. The molecule has 1 aromatic carbocycles. The fraction of sp³-hybridized carbons (Fsp3) is 0.133. The lowest BCUT2D eigenvalue weighted by molar-refractivity contribution is 0.0522. The number of esters is 1. The van der Waals surface area contributed by atoms with Gasteiger partial charge in [0.25, 0.3) is 5.91 Å². The number of aromatic nitrogens is 4. The minimum Gasteiger partial charge on any atom is -0.461 e. The van der Waals surface area contributed by atoms with Gasteiger partial charge in [-0.25, -0.2) is 9.78 Å². The lowest BCUT2D eigenvalue weighted by atomic mass is 10.3. The van der Waals surface area contributed by atoms with Gasteiger partial charge in [0, 0.05) is 10.7 Å². The number of nitrogens with one attached hydrogen (secondary N) is 1. The Kier molecular flexibility index (Phi) is 4.48. The largest absolute Gasteiger partial charge is 0.461 e. The van der Waals surface area contributed by atoms with E-state index in [0.717, 1.165) is 0 Å². The minimum atomic E-state index is -0.644. The summed E-state index contributed by atoms with van der Waals surface area (Å²) in [5, 5.41) is 10.8. The van der Waals surface area contributed by atoms with Gasteiger partial charge in [0.05, 0.1) is 6.61 Å². The molecule has 0 aliphatic carbocycles. The average molecular weight is 361 g/mol. The van der Waals surface area contributed by atoms with Gasteiger partial charge in [-0.3, -0.25) is 9.20 Å². The summed E-state index contributed by atoms with van der Waals surface area (Å²) in [6, 6.07) is 6.62. The van der Waals surface area contributed by atoms with Gasteiger partial charge in [0.15, 0.2) is 17.0 Å². The first-order valence-electron chi connectivity index (χ1n) is 7.24. The number of nitrogens with two attached hydrogens (primary N) is 1. The van der Waals surface area contributed by atoms with Gasteiger partial charge in [-0.05, 0) is 25.1 Å². The van der Waals surface area contributed by atoms with Crippen LogP contribution in [0.2, 0.25) is 5.02 Å². The van der Waals surface area contributed by atoms with Gasteiger partial charge in [0.2, 0.25) is 0 Å². The van der Waals surface area contributed by atoms with Crippen LogP contribution in [0.4, 0.5) is 11.5 Å². The van der Waals surface area contributed by atoms with Crippen molar-refractivity contribution in [2.45, 2.75) is 6.92 Å². The van der Waals surface area contributed by atoms with E-state index in [1.165, 1.54) is 10.7 Å². The topological polar surface area (TPSA) is 124 Å². The van der Waals surface area contributed by atoms with Crippen molar-refractivity contribution < 1.29 is 14.3 Å². The van der Waals surface area contributed by atoms with Gasteiger partial charge in [-0.15, -0.1) is 10.2 Å². The first-order chi connectivity index (χ1) is 12.0. The lowest BCUT2D eigenvalue weighted by Crippen LogP contribution is -2.19. The van der Waals surface area contributed by atoms with E-state index in [0.29, 0.717) is 10.7 Å². The standard InChI is InChI=1S/C15H13ClN6O3/c1-2-25-15(24)11-13-21-20-10(12(17)22(13)7-18-11)14(23)19-9-5-3-4-8(16)6-9/h3-7H,2,17H2,1H3,(H,19,23). The Bertz CT molecular complexity index is 971. The van der Waals surface area contributed by atoms with Crippen molar-refractivity contribution in [1.82, 2.24) is 19.6 Å². The molecule has 3 N–H and O–H groups in total. The zero-order valence-electron chi connectivity index (χ0n) is 13.1. The molecular weight excluding hydrogens is 348 g/mol. The molecule has 10 heteroatoms. The maximum Gasteiger partial charge on any atom is 0.360 e. The summed E-state index contributed by atoms with van der Waals surface area (Å²) in [6.07, 6.45) is 1.28. The molecule has 0 radical (unpaired) electrons. The summed E-state index contributed by atoms with van der Waals surface area (Å²) in [5.74, 6) is -1.22. The SMILES string of the molecule is CCOC(=O)c1ncn2c(N)c(C(=O)Nc3cccc(Cl)c3)nnc12. The van der Waals surface area contributed by atoms with Gasteiger partial charge in [-0.1, -0.05) is 17.7 Å². The van der Waals surface area contributed by atoms with E-state index in [4.69, 9.17) is 22.1 Å². The molecule has 1 amide bonds. The smallest absolute Gasteiger partial charge is 0.360 e. The summed E-state index contributed by atoms with van der Waals surface area (Å²) in [7, 11) is 0. The number of amides is 1. The molecule has 2 heterocycles. The Hall–Kier alpha value is -3.20. The highest BCUT2D eigenvalue weighted by molar-refractivity contribution is 6.31. The molecule has 0 bridgehead atoms. The number of nitrogens with zero attached hydrogens (tertiary/aromatic N) is 4. The van der Waals surface area contributed by atoms with Gasteiger partial charge < -0.3 is 15.8 Å². The monoisotopic (exact) mass is 360 g/mol. The molecule has 2 aromatic heterocycles. The second kappa shape index (κ2) is 6.73. The lowest BCUT2D eigenvalue weighted by Gasteiger charge is -2.08. The number of imidazole rings is 1. The molecule has 9 nitrogen and oxygen atoms in total. The normalized spacial score (nSPS) is 10.6. The molecule has 0 saturated carbocycles. The molecule has 25 heavy (non-hydrogen) atoms. The average Bonchev–Trinajstić information content (AvgIpc) is 3.00. The van der Waals surface area contributed by atoms with Gasteiger partial charge >= 0.3 is 5.97 Å². The number of rotatable bonds is 4. The first-order valence-corrected chi connectivity index (χ1v) is 7.62. The summed E-state index contributed by atoms with van der Waals surface area (Å²) in [4.78, 5) is 28.1. The van der Waals surface area contributed by atoms with Crippen molar-refractivity contribution in [3.8, 4) is 0 Å². The maximum absolute atomic E-state index is 12.4. The van der Waals surface area contributed by atoms with Gasteiger partial charge in [-0.2, -0.15) is 0 Å². The zero-order valence-corrected chi connectivity index (χ0v) is 13.8. The first kappa shape index (κ1) is 16.7. The van der Waals surface area contributed by atoms with Crippen molar-refractivity contribution in [2.75, 3.05) is 17.7 Å². The molecule has 0 fully saturated rings. The number of carbonyl (C=O) groups excluding carboxylic acids is 2. The van der Waals surface area contributed by atoms with Crippen LogP contribution in [0.5, 0.6) is 0 Å². The Balaban J connectivity index is 1.94. The Morgan fingerprint density at radius 3 is 2.84 bits per heavy atom. The molecule has 0 saturated heterocycles. The summed E-state index contributed by atoms with van der Waals surface area (Å²) in [6.45, 7) is 1.87. The van der Waals surface area contributed by atoms with E-state index in [1.807, 2.05) is 0 Å². The van der Waals surface area contributed by atoms with E-state index in [1.54, 1.807) is 31.2 Å². The highest BCUT2D eigenvalue weighted by Gasteiger charge is 2.21. The van der Waals surface area contributed by atoms with Crippen LogP contribution in [-0.2, 0) is 4.74 Å². The maximum atomic E-state index is 12.4. The van der Waals surface area contributed by atoms with Crippen molar-refractivity contribution in [3.63, 3.8) is 0 Å². The van der Waals surface area contributed by atoms with E-state index in [9.17, 15) is 9.59 Å². The van der Waals surface area contributed by atoms with Gasteiger partial charge in [0.1, 0.15) is 12.1 Å². The van der Waals surface area contributed by atoms with Crippen molar-refractivity contribution in [3.05, 3.63) is 47.0 Å². The van der Waals surface area contributed by atoms with Crippen LogP contribution in [-0.4, -0.2) is 38.1 Å². The summed E-state index contributed by atoms with van der Waals surface area (Å²) < 4.78 is 6.18. The number of fused-ring (bicyclic) bond motifs is 1. The number of nitrogen functional groups attached to an aromatic ring is 1. The van der Waals surface area contributed by atoms with Crippen LogP contribution in [0, 0.1) is 0 Å². The molecule has 0 aliphatic heterocycles.